The van der Waals surface area contributed by atoms with Crippen LogP contribution in [0.1, 0.15) is 102 Å². The Morgan fingerprint density at radius 2 is 1.25 bits per heavy atom. The van der Waals surface area contributed by atoms with Crippen molar-refractivity contribution >= 4 is 11.9 Å². The quantitative estimate of drug-likeness (QED) is 0.0604. The van der Waals surface area contributed by atoms with Gasteiger partial charge in [0, 0.05) is 17.8 Å². The summed E-state index contributed by atoms with van der Waals surface area (Å²) in [6.45, 7) is 18.3. The number of aliphatic hydroxyl groups is 1. The molecule has 0 radical (unpaired) electrons. The van der Waals surface area contributed by atoms with Crippen molar-refractivity contribution in [3.63, 3.8) is 0 Å². The van der Waals surface area contributed by atoms with E-state index >= 15 is 0 Å². The zero-order chi connectivity index (χ0) is 37.2. The Hall–Kier alpha value is -4.16. The Morgan fingerprint density at radius 1 is 0.686 bits per heavy atom. The van der Waals surface area contributed by atoms with Crippen molar-refractivity contribution in [1.29, 1.82) is 0 Å². The Balaban J connectivity index is 2.00. The molecule has 6 heteroatoms. The first-order valence-corrected chi connectivity index (χ1v) is 18.9. The molecule has 3 aromatic carbocycles. The number of hydrogen-bond donors (Lipinski definition) is 1. The van der Waals surface area contributed by atoms with Crippen molar-refractivity contribution in [2.24, 2.45) is 5.92 Å². The summed E-state index contributed by atoms with van der Waals surface area (Å²) in [6, 6.07) is 20.1. The first-order valence-electron chi connectivity index (χ1n) is 18.9. The third-order valence-electron chi connectivity index (χ3n) is 9.35. The molecule has 276 valence electrons. The molecule has 51 heavy (non-hydrogen) atoms. The maximum Gasteiger partial charge on any atom is 0.333 e. The van der Waals surface area contributed by atoms with E-state index in [1.807, 2.05) is 0 Å². The molecule has 0 amide bonds. The van der Waals surface area contributed by atoms with E-state index in [9.17, 15) is 14.7 Å². The summed E-state index contributed by atoms with van der Waals surface area (Å²) in [5, 5.41) is 9.79. The lowest BCUT2D eigenvalue weighted by atomic mass is 9.89. The van der Waals surface area contributed by atoms with Crippen LogP contribution in [0.15, 0.2) is 78.9 Å². The van der Waals surface area contributed by atoms with Crippen LogP contribution >= 0.6 is 0 Å². The second-order valence-electron chi connectivity index (χ2n) is 13.6. The molecule has 1 unspecified atom stereocenters. The van der Waals surface area contributed by atoms with Crippen LogP contribution in [0.5, 0.6) is 5.75 Å². The van der Waals surface area contributed by atoms with E-state index in [2.05, 4.69) is 88.5 Å². The van der Waals surface area contributed by atoms with Crippen LogP contribution < -0.4 is 4.74 Å². The SMILES string of the molecule is C=C(C)C(=O)OCCCc1cc(-c2ccc(-c3ccc(CCCCC)cc3)cc2CC)cc(CCCOC(=O)C(=C)C)c1OCCC(CC)CO. The van der Waals surface area contributed by atoms with Crippen molar-refractivity contribution in [2.45, 2.75) is 105 Å². The maximum absolute atomic E-state index is 12.1. The van der Waals surface area contributed by atoms with Crippen LogP contribution in [0, 0.1) is 5.92 Å². The topological polar surface area (TPSA) is 82.1 Å². The highest BCUT2D eigenvalue weighted by Crippen LogP contribution is 2.36. The van der Waals surface area contributed by atoms with Crippen LogP contribution in [0.4, 0.5) is 0 Å². The molecule has 1 atom stereocenters. The molecule has 0 bridgehead atoms. The second-order valence-corrected chi connectivity index (χ2v) is 13.6. The van der Waals surface area contributed by atoms with E-state index < -0.39 is 11.9 Å². The Bertz CT molecular complexity index is 1530. The van der Waals surface area contributed by atoms with E-state index in [4.69, 9.17) is 14.2 Å². The van der Waals surface area contributed by atoms with Crippen LogP contribution in [0.25, 0.3) is 22.3 Å². The van der Waals surface area contributed by atoms with E-state index in [1.54, 1.807) is 13.8 Å². The number of unbranched alkanes of at least 4 members (excludes halogenated alkanes) is 2. The fourth-order valence-electron chi connectivity index (χ4n) is 6.11. The number of carbonyl (C=O) groups excluding carboxylic acids is 2. The molecule has 0 saturated carbocycles. The van der Waals surface area contributed by atoms with Gasteiger partial charge in [-0.05, 0) is 128 Å². The van der Waals surface area contributed by atoms with E-state index in [0.717, 1.165) is 48.1 Å². The molecule has 3 rings (SSSR count). The Kier molecular flexibility index (Phi) is 17.7. The lowest BCUT2D eigenvalue weighted by Crippen LogP contribution is -2.13. The lowest BCUT2D eigenvalue weighted by molar-refractivity contribution is -0.139. The van der Waals surface area contributed by atoms with E-state index in [-0.39, 0.29) is 25.7 Å². The summed E-state index contributed by atoms with van der Waals surface area (Å²) < 4.78 is 17.4. The maximum atomic E-state index is 12.1. The molecule has 0 aliphatic rings. The highest BCUT2D eigenvalue weighted by atomic mass is 16.5. The molecular formula is C45H60O6. The van der Waals surface area contributed by atoms with Gasteiger partial charge in [-0.25, -0.2) is 9.59 Å². The third kappa shape index (κ3) is 13.2. The summed E-state index contributed by atoms with van der Waals surface area (Å²) >= 11 is 0. The van der Waals surface area contributed by atoms with Gasteiger partial charge < -0.3 is 19.3 Å². The van der Waals surface area contributed by atoms with Gasteiger partial charge in [-0.1, -0.05) is 95.7 Å². The highest BCUT2D eigenvalue weighted by molar-refractivity contribution is 5.87. The number of aliphatic hydroxyl groups excluding tert-OH is 1. The number of benzene rings is 3. The summed E-state index contributed by atoms with van der Waals surface area (Å²) in [7, 11) is 0. The molecule has 0 saturated heterocycles. The Morgan fingerprint density at radius 3 is 1.76 bits per heavy atom. The Labute approximate surface area is 306 Å². The van der Waals surface area contributed by atoms with Crippen molar-refractivity contribution in [3.05, 3.63) is 101 Å². The predicted molar refractivity (Wildman–Crippen MR) is 209 cm³/mol. The number of ether oxygens (including phenoxy) is 3. The van der Waals surface area contributed by atoms with Gasteiger partial charge in [-0.15, -0.1) is 0 Å². The van der Waals surface area contributed by atoms with Crippen molar-refractivity contribution in [2.75, 3.05) is 26.4 Å². The lowest BCUT2D eigenvalue weighted by Gasteiger charge is -2.21. The van der Waals surface area contributed by atoms with Gasteiger partial charge >= 0.3 is 11.9 Å². The summed E-state index contributed by atoms with van der Waals surface area (Å²) in [5.74, 6) is 0.206. The van der Waals surface area contributed by atoms with Gasteiger partial charge in [0.2, 0.25) is 0 Å². The summed E-state index contributed by atoms with van der Waals surface area (Å²) in [4.78, 5) is 24.2. The average Bonchev–Trinajstić information content (AvgIpc) is 3.13. The average molecular weight is 697 g/mol. The first-order chi connectivity index (χ1) is 24.6. The van der Waals surface area contributed by atoms with Crippen LogP contribution in [0.3, 0.4) is 0 Å². The summed E-state index contributed by atoms with van der Waals surface area (Å²) in [6.07, 6.45) is 9.83. The van der Waals surface area contributed by atoms with Crippen molar-refractivity contribution < 1.29 is 28.9 Å². The van der Waals surface area contributed by atoms with E-state index in [1.165, 1.54) is 47.1 Å². The van der Waals surface area contributed by atoms with Gasteiger partial charge in [-0.2, -0.15) is 0 Å². The molecule has 0 fully saturated rings. The molecule has 0 aliphatic heterocycles. The van der Waals surface area contributed by atoms with Crippen LogP contribution in [-0.4, -0.2) is 43.5 Å². The minimum absolute atomic E-state index is 0.125. The van der Waals surface area contributed by atoms with Gasteiger partial charge in [-0.3, -0.25) is 0 Å². The van der Waals surface area contributed by atoms with Crippen LogP contribution in [0.2, 0.25) is 0 Å². The number of aryl methyl sites for hydroxylation is 4. The fourth-order valence-corrected chi connectivity index (χ4v) is 6.11. The van der Waals surface area contributed by atoms with E-state index in [0.29, 0.717) is 43.4 Å². The molecule has 6 nitrogen and oxygen atoms in total. The monoisotopic (exact) mass is 696 g/mol. The van der Waals surface area contributed by atoms with Crippen molar-refractivity contribution in [3.8, 4) is 28.0 Å². The predicted octanol–water partition coefficient (Wildman–Crippen LogP) is 10.2. The smallest absolute Gasteiger partial charge is 0.333 e. The molecule has 1 N–H and O–H groups in total. The van der Waals surface area contributed by atoms with Gasteiger partial charge in [0.25, 0.3) is 0 Å². The third-order valence-corrected chi connectivity index (χ3v) is 9.35. The summed E-state index contributed by atoms with van der Waals surface area (Å²) in [5.41, 5.74) is 10.1. The minimum atomic E-state index is -0.390. The molecule has 0 spiro atoms. The number of hydrogen-bond acceptors (Lipinski definition) is 6. The first kappa shape index (κ1) is 41.3. The second kappa shape index (κ2) is 21.9. The van der Waals surface area contributed by atoms with Crippen molar-refractivity contribution in [1.82, 2.24) is 0 Å². The van der Waals surface area contributed by atoms with Gasteiger partial charge in [0.15, 0.2) is 0 Å². The largest absolute Gasteiger partial charge is 0.493 e. The zero-order valence-corrected chi connectivity index (χ0v) is 31.8. The number of carbonyl (C=O) groups is 2. The molecule has 0 aliphatic carbocycles. The van der Waals surface area contributed by atoms with Crippen LogP contribution in [-0.2, 0) is 44.7 Å². The number of esters is 2. The normalized spacial score (nSPS) is 11.6. The zero-order valence-electron chi connectivity index (χ0n) is 31.8. The van der Waals surface area contributed by atoms with Gasteiger partial charge in [0.1, 0.15) is 5.75 Å². The molecule has 0 heterocycles. The molecule has 0 aromatic heterocycles. The fraction of sp³-hybridized carbons (Fsp3) is 0.467. The highest BCUT2D eigenvalue weighted by Gasteiger charge is 2.18. The van der Waals surface area contributed by atoms with Gasteiger partial charge in [0.05, 0.1) is 19.8 Å². The molecule has 3 aromatic rings. The number of rotatable bonds is 23. The standard InChI is InChI=1S/C45H60O6/c1-8-11-12-15-35-18-20-37(21-19-35)38-22-23-42(36(10-3)28-38)41-29-39(16-13-25-50-44(47)32(4)5)43(49-27-24-34(9-2)31-46)40(30-41)17-14-26-51-45(48)33(6)7/h18-23,28-30,34,46H,4,6,8-17,24-27,31H2,1-3,5,7H3. The minimum Gasteiger partial charge on any atom is -0.493 e. The molecular weight excluding hydrogens is 636 g/mol.